The van der Waals surface area contributed by atoms with Crippen LogP contribution in [0.3, 0.4) is 0 Å². The summed E-state index contributed by atoms with van der Waals surface area (Å²) in [6.45, 7) is 4.04. The molecule has 0 N–H and O–H groups in total. The Kier molecular flexibility index (Phi) is 4.74. The topological polar surface area (TPSA) is 17.8 Å². The summed E-state index contributed by atoms with van der Waals surface area (Å²) >= 11 is 8.02. The number of alkyl halides is 1. The first kappa shape index (κ1) is 14.7. The second kappa shape index (κ2) is 6.14. The number of nitrogens with zero attached hydrogens (tertiary/aromatic N) is 2. The first-order valence-electron chi connectivity index (χ1n) is 6.38. The van der Waals surface area contributed by atoms with Crippen LogP contribution in [-0.2, 0) is 0 Å². The largest absolute Gasteiger partial charge is 0.323 e. The van der Waals surface area contributed by atoms with Gasteiger partial charge in [0.2, 0.25) is 0 Å². The predicted octanol–water partition coefficient (Wildman–Crippen LogP) is 4.79. The molecule has 0 aliphatic heterocycles. The maximum absolute atomic E-state index is 13.5. The van der Waals surface area contributed by atoms with Crippen molar-refractivity contribution < 1.29 is 4.39 Å². The first-order chi connectivity index (χ1) is 9.08. The van der Waals surface area contributed by atoms with Gasteiger partial charge >= 0.3 is 0 Å². The minimum atomic E-state index is -0.235. The van der Waals surface area contributed by atoms with Gasteiger partial charge in [0.25, 0.3) is 0 Å². The Morgan fingerprint density at radius 3 is 2.79 bits per heavy atom. The first-order valence-corrected chi connectivity index (χ1v) is 8.21. The van der Waals surface area contributed by atoms with E-state index in [1.165, 1.54) is 6.07 Å². The lowest BCUT2D eigenvalue weighted by atomic mass is 10.2. The Balaban J connectivity index is 2.65. The van der Waals surface area contributed by atoms with Crippen LogP contribution in [0.15, 0.2) is 18.2 Å². The van der Waals surface area contributed by atoms with Gasteiger partial charge in [0.15, 0.2) is 0 Å². The second-order valence-corrected chi connectivity index (χ2v) is 6.17. The summed E-state index contributed by atoms with van der Waals surface area (Å²) in [5, 5.41) is -0.189. The SMILES string of the molecule is CCC(CSC)n1c(C(C)Cl)nc2ccc(F)cc21. The summed E-state index contributed by atoms with van der Waals surface area (Å²) in [7, 11) is 0. The van der Waals surface area contributed by atoms with E-state index >= 15 is 0 Å². The van der Waals surface area contributed by atoms with E-state index in [0.29, 0.717) is 0 Å². The molecular formula is C14H18ClFN2S. The molecule has 0 fully saturated rings. The molecular weight excluding hydrogens is 283 g/mol. The summed E-state index contributed by atoms with van der Waals surface area (Å²) in [5.41, 5.74) is 1.65. The van der Waals surface area contributed by atoms with Crippen molar-refractivity contribution >= 4 is 34.4 Å². The molecule has 2 rings (SSSR count). The smallest absolute Gasteiger partial charge is 0.128 e. The molecule has 1 aromatic carbocycles. The Bertz CT molecular complexity index is 568. The minimum Gasteiger partial charge on any atom is -0.323 e. The molecule has 2 atom stereocenters. The zero-order valence-electron chi connectivity index (χ0n) is 11.4. The van der Waals surface area contributed by atoms with Gasteiger partial charge in [-0.25, -0.2) is 9.37 Å². The van der Waals surface area contributed by atoms with Crippen LogP contribution in [0.5, 0.6) is 0 Å². The molecule has 19 heavy (non-hydrogen) atoms. The number of aromatic nitrogens is 2. The van der Waals surface area contributed by atoms with Gasteiger partial charge in [0.1, 0.15) is 11.6 Å². The van der Waals surface area contributed by atoms with Crippen molar-refractivity contribution in [1.82, 2.24) is 9.55 Å². The number of fused-ring (bicyclic) bond motifs is 1. The Hall–Kier alpha value is -0.740. The Morgan fingerprint density at radius 2 is 2.21 bits per heavy atom. The van der Waals surface area contributed by atoms with Crippen molar-refractivity contribution in [3.63, 3.8) is 0 Å². The van der Waals surface area contributed by atoms with Crippen molar-refractivity contribution in [2.24, 2.45) is 0 Å². The molecule has 0 amide bonds. The molecule has 2 nitrogen and oxygen atoms in total. The summed E-state index contributed by atoms with van der Waals surface area (Å²) in [6, 6.07) is 5.00. The molecule has 1 aromatic heterocycles. The highest BCUT2D eigenvalue weighted by atomic mass is 35.5. The lowest BCUT2D eigenvalue weighted by molar-refractivity contribution is 0.529. The number of thioether (sulfide) groups is 1. The van der Waals surface area contributed by atoms with E-state index in [0.717, 1.165) is 29.0 Å². The molecule has 5 heteroatoms. The summed E-state index contributed by atoms with van der Waals surface area (Å²) in [4.78, 5) is 4.56. The van der Waals surface area contributed by atoms with Gasteiger partial charge in [-0.05, 0) is 37.8 Å². The number of hydrogen-bond acceptors (Lipinski definition) is 2. The average Bonchev–Trinajstić information content (AvgIpc) is 2.74. The van der Waals surface area contributed by atoms with Gasteiger partial charge < -0.3 is 4.57 Å². The fourth-order valence-corrected chi connectivity index (χ4v) is 3.24. The highest BCUT2D eigenvalue weighted by Gasteiger charge is 2.20. The number of rotatable bonds is 5. The lowest BCUT2D eigenvalue weighted by Crippen LogP contribution is -2.14. The lowest BCUT2D eigenvalue weighted by Gasteiger charge is -2.20. The van der Waals surface area contributed by atoms with Gasteiger partial charge in [-0.2, -0.15) is 11.8 Å². The van der Waals surface area contributed by atoms with E-state index in [1.54, 1.807) is 23.9 Å². The Labute approximate surface area is 122 Å². The van der Waals surface area contributed by atoms with Crippen molar-refractivity contribution in [2.75, 3.05) is 12.0 Å². The van der Waals surface area contributed by atoms with Gasteiger partial charge in [-0.15, -0.1) is 11.6 Å². The maximum atomic E-state index is 13.5. The van der Waals surface area contributed by atoms with Crippen LogP contribution in [0, 0.1) is 5.82 Å². The van der Waals surface area contributed by atoms with Gasteiger partial charge in [-0.3, -0.25) is 0 Å². The molecule has 104 valence electrons. The minimum absolute atomic E-state index is 0.189. The average molecular weight is 301 g/mol. The molecule has 0 radical (unpaired) electrons. The third-order valence-corrected chi connectivity index (χ3v) is 4.14. The molecule has 0 saturated heterocycles. The molecule has 0 aliphatic carbocycles. The van der Waals surface area contributed by atoms with Crippen molar-refractivity contribution in [1.29, 1.82) is 0 Å². The van der Waals surface area contributed by atoms with E-state index in [-0.39, 0.29) is 17.2 Å². The predicted molar refractivity (Wildman–Crippen MR) is 81.7 cm³/mol. The summed E-state index contributed by atoms with van der Waals surface area (Å²) in [5.74, 6) is 1.55. The van der Waals surface area contributed by atoms with E-state index in [2.05, 4.69) is 22.7 Å². The van der Waals surface area contributed by atoms with Crippen LogP contribution in [0.2, 0.25) is 0 Å². The van der Waals surface area contributed by atoms with Gasteiger partial charge in [0.05, 0.1) is 16.4 Å². The molecule has 1 heterocycles. The zero-order valence-corrected chi connectivity index (χ0v) is 12.9. The number of hydrogen-bond donors (Lipinski definition) is 0. The quantitative estimate of drug-likeness (QED) is 0.739. The fourth-order valence-electron chi connectivity index (χ4n) is 2.32. The second-order valence-electron chi connectivity index (χ2n) is 4.61. The monoisotopic (exact) mass is 300 g/mol. The summed E-state index contributed by atoms with van der Waals surface area (Å²) < 4.78 is 15.6. The molecule has 0 bridgehead atoms. The van der Waals surface area contributed by atoms with E-state index < -0.39 is 0 Å². The van der Waals surface area contributed by atoms with Crippen molar-refractivity contribution in [3.8, 4) is 0 Å². The third kappa shape index (κ3) is 2.90. The third-order valence-electron chi connectivity index (χ3n) is 3.23. The highest BCUT2D eigenvalue weighted by Crippen LogP contribution is 2.31. The van der Waals surface area contributed by atoms with Crippen molar-refractivity contribution in [3.05, 3.63) is 29.8 Å². The van der Waals surface area contributed by atoms with Crippen molar-refractivity contribution in [2.45, 2.75) is 31.7 Å². The van der Waals surface area contributed by atoms with Crippen LogP contribution in [0.1, 0.15) is 37.5 Å². The number of halogens is 2. The van der Waals surface area contributed by atoms with Gasteiger partial charge in [0, 0.05) is 11.8 Å². The van der Waals surface area contributed by atoms with E-state index in [1.807, 2.05) is 6.92 Å². The number of benzene rings is 1. The van der Waals surface area contributed by atoms with Crippen LogP contribution in [0.25, 0.3) is 11.0 Å². The molecule has 0 aliphatic rings. The molecule has 2 aromatic rings. The zero-order chi connectivity index (χ0) is 14.0. The molecule has 2 unspecified atom stereocenters. The van der Waals surface area contributed by atoms with Gasteiger partial charge in [-0.1, -0.05) is 6.92 Å². The van der Waals surface area contributed by atoms with Crippen LogP contribution >= 0.6 is 23.4 Å². The normalized spacial score (nSPS) is 14.8. The van der Waals surface area contributed by atoms with Crippen LogP contribution in [0.4, 0.5) is 4.39 Å². The Morgan fingerprint density at radius 1 is 1.47 bits per heavy atom. The van der Waals surface area contributed by atoms with Crippen LogP contribution < -0.4 is 0 Å². The fraction of sp³-hybridized carbons (Fsp3) is 0.500. The standard InChI is InChI=1S/C14H18ClFN2S/c1-4-11(8-19-3)18-13-7-10(16)5-6-12(13)17-14(18)9(2)15/h5-7,9,11H,4,8H2,1-3H3. The maximum Gasteiger partial charge on any atom is 0.128 e. The van der Waals surface area contributed by atoms with E-state index in [9.17, 15) is 4.39 Å². The highest BCUT2D eigenvalue weighted by molar-refractivity contribution is 7.98. The summed E-state index contributed by atoms with van der Waals surface area (Å²) in [6.07, 6.45) is 3.05. The number of imidazole rings is 1. The molecule has 0 spiro atoms. The van der Waals surface area contributed by atoms with Crippen LogP contribution in [-0.4, -0.2) is 21.6 Å². The van der Waals surface area contributed by atoms with E-state index in [4.69, 9.17) is 11.6 Å². The molecule has 0 saturated carbocycles.